The Labute approximate surface area is 162 Å². The minimum Gasteiger partial charge on any atom is -0.462 e. The molecule has 0 radical (unpaired) electrons. The molecule has 0 saturated heterocycles. The summed E-state index contributed by atoms with van der Waals surface area (Å²) in [4.78, 5) is 37.1. The van der Waals surface area contributed by atoms with E-state index in [4.69, 9.17) is 9.47 Å². The van der Waals surface area contributed by atoms with Crippen LogP contribution in [-0.4, -0.2) is 42.1 Å². The van der Waals surface area contributed by atoms with E-state index < -0.39 is 11.9 Å². The number of thioether (sulfide) groups is 1. The van der Waals surface area contributed by atoms with Gasteiger partial charge in [0.05, 0.1) is 24.5 Å². The zero-order chi connectivity index (χ0) is 19.1. The lowest BCUT2D eigenvalue weighted by molar-refractivity contribution is -0.113. The van der Waals surface area contributed by atoms with Crippen molar-refractivity contribution < 1.29 is 23.9 Å². The third-order valence-electron chi connectivity index (χ3n) is 4.09. The van der Waals surface area contributed by atoms with Crippen molar-refractivity contribution >= 4 is 45.9 Å². The number of rotatable bonds is 8. The number of carbonyl (C=O) groups is 3. The Kier molecular flexibility index (Phi) is 7.96. The average molecular weight is 400 g/mol. The van der Waals surface area contributed by atoms with E-state index in [-0.39, 0.29) is 24.7 Å². The zero-order valence-corrected chi connectivity index (χ0v) is 17.0. The van der Waals surface area contributed by atoms with Gasteiger partial charge in [-0.05, 0) is 39.2 Å². The van der Waals surface area contributed by atoms with Crippen molar-refractivity contribution in [2.45, 2.75) is 51.7 Å². The lowest BCUT2D eigenvalue weighted by atomic mass is 10.1. The van der Waals surface area contributed by atoms with E-state index in [9.17, 15) is 14.4 Å². The average Bonchev–Trinajstić information content (AvgIpc) is 3.21. The van der Waals surface area contributed by atoms with Gasteiger partial charge < -0.3 is 14.8 Å². The first-order valence-corrected chi connectivity index (χ1v) is 10.7. The molecule has 0 aliphatic heterocycles. The van der Waals surface area contributed by atoms with Gasteiger partial charge in [0.2, 0.25) is 5.91 Å². The quantitative estimate of drug-likeness (QED) is 0.665. The number of thiophene rings is 1. The Morgan fingerprint density at radius 1 is 1.12 bits per heavy atom. The van der Waals surface area contributed by atoms with Crippen LogP contribution in [0.1, 0.15) is 65.1 Å². The standard InChI is InChI=1S/C18H25NO5S2/c1-4-23-17(21)14-11(3)15(18(22)24-5-2)26-16(14)19-13(20)10-25-12-8-6-7-9-12/h12H,4-10H2,1-3H3,(H,19,20). The van der Waals surface area contributed by atoms with Gasteiger partial charge >= 0.3 is 11.9 Å². The van der Waals surface area contributed by atoms with Gasteiger partial charge in [0, 0.05) is 5.25 Å². The highest BCUT2D eigenvalue weighted by molar-refractivity contribution is 8.00. The van der Waals surface area contributed by atoms with Crippen molar-refractivity contribution in [2.24, 2.45) is 0 Å². The van der Waals surface area contributed by atoms with Crippen molar-refractivity contribution in [3.05, 3.63) is 16.0 Å². The van der Waals surface area contributed by atoms with Gasteiger partial charge in [-0.2, -0.15) is 0 Å². The van der Waals surface area contributed by atoms with E-state index in [2.05, 4.69) is 5.32 Å². The largest absolute Gasteiger partial charge is 0.462 e. The molecule has 1 aromatic rings. The lowest BCUT2D eigenvalue weighted by Gasteiger charge is -2.09. The van der Waals surface area contributed by atoms with Gasteiger partial charge in [0.15, 0.2) is 0 Å². The zero-order valence-electron chi connectivity index (χ0n) is 15.4. The summed E-state index contributed by atoms with van der Waals surface area (Å²) in [7, 11) is 0. The van der Waals surface area contributed by atoms with Crippen LogP contribution in [0, 0.1) is 6.92 Å². The van der Waals surface area contributed by atoms with Gasteiger partial charge in [0.25, 0.3) is 0 Å². The maximum absolute atomic E-state index is 12.3. The summed E-state index contributed by atoms with van der Waals surface area (Å²) in [5.41, 5.74) is 0.713. The molecule has 1 aromatic heterocycles. The molecule has 6 nitrogen and oxygen atoms in total. The SMILES string of the molecule is CCOC(=O)c1sc(NC(=O)CSC2CCCC2)c(C(=O)OCC)c1C. The third-order valence-corrected chi connectivity index (χ3v) is 6.65. The van der Waals surface area contributed by atoms with Crippen molar-refractivity contribution in [1.82, 2.24) is 0 Å². The normalized spacial score (nSPS) is 14.3. The Morgan fingerprint density at radius 3 is 2.35 bits per heavy atom. The minimum absolute atomic E-state index is 0.177. The molecule has 1 N–H and O–H groups in total. The predicted octanol–water partition coefficient (Wildman–Crippen LogP) is 4.02. The molecule has 1 aliphatic rings. The van der Waals surface area contributed by atoms with Crippen LogP contribution in [0.4, 0.5) is 5.00 Å². The molecule has 1 saturated carbocycles. The summed E-state index contributed by atoms with van der Waals surface area (Å²) in [5.74, 6) is -0.889. The van der Waals surface area contributed by atoms with Crippen LogP contribution in [0.2, 0.25) is 0 Å². The summed E-state index contributed by atoms with van der Waals surface area (Å²) < 4.78 is 10.1. The Hall–Kier alpha value is -1.54. The summed E-state index contributed by atoms with van der Waals surface area (Å²) in [6.07, 6.45) is 4.74. The fourth-order valence-corrected chi connectivity index (χ4v) is 5.08. The van der Waals surface area contributed by atoms with Crippen molar-refractivity contribution in [1.29, 1.82) is 0 Å². The number of anilines is 1. The molecule has 1 amide bonds. The number of hydrogen-bond acceptors (Lipinski definition) is 7. The molecule has 26 heavy (non-hydrogen) atoms. The van der Waals surface area contributed by atoms with Gasteiger partial charge in [-0.3, -0.25) is 4.79 Å². The summed E-state index contributed by atoms with van der Waals surface area (Å²) in [6.45, 7) is 5.55. The molecule has 1 heterocycles. The van der Waals surface area contributed by atoms with E-state index >= 15 is 0 Å². The smallest absolute Gasteiger partial charge is 0.348 e. The van der Waals surface area contributed by atoms with Crippen LogP contribution in [0.25, 0.3) is 0 Å². The first-order valence-electron chi connectivity index (χ1n) is 8.86. The van der Waals surface area contributed by atoms with Crippen LogP contribution in [0.15, 0.2) is 0 Å². The van der Waals surface area contributed by atoms with Gasteiger partial charge in [-0.1, -0.05) is 12.8 Å². The molecule has 0 atom stereocenters. The maximum Gasteiger partial charge on any atom is 0.348 e. The molecular weight excluding hydrogens is 374 g/mol. The highest BCUT2D eigenvalue weighted by Gasteiger charge is 2.27. The van der Waals surface area contributed by atoms with Crippen LogP contribution < -0.4 is 5.32 Å². The van der Waals surface area contributed by atoms with E-state index in [1.54, 1.807) is 32.5 Å². The second kappa shape index (κ2) is 9.97. The highest BCUT2D eigenvalue weighted by atomic mass is 32.2. The number of hydrogen-bond donors (Lipinski definition) is 1. The van der Waals surface area contributed by atoms with E-state index in [0.717, 1.165) is 24.2 Å². The monoisotopic (exact) mass is 399 g/mol. The van der Waals surface area contributed by atoms with Crippen molar-refractivity contribution in [3.63, 3.8) is 0 Å². The van der Waals surface area contributed by atoms with E-state index in [0.29, 0.717) is 26.4 Å². The molecule has 0 aromatic carbocycles. The Bertz CT molecular complexity index is 665. The van der Waals surface area contributed by atoms with Gasteiger partial charge in [-0.25, -0.2) is 9.59 Å². The van der Waals surface area contributed by atoms with E-state index in [1.165, 1.54) is 12.8 Å². The number of esters is 2. The highest BCUT2D eigenvalue weighted by Crippen LogP contribution is 2.35. The van der Waals surface area contributed by atoms with Crippen LogP contribution >= 0.6 is 23.1 Å². The second-order valence-corrected chi connectivity index (χ2v) is 8.28. The fourth-order valence-electron chi connectivity index (χ4n) is 2.85. The van der Waals surface area contributed by atoms with Crippen molar-refractivity contribution in [2.75, 3.05) is 24.3 Å². The number of nitrogens with one attached hydrogen (secondary N) is 1. The Balaban J connectivity index is 2.15. The first kappa shape index (κ1) is 20.8. The van der Waals surface area contributed by atoms with Crippen LogP contribution in [0.5, 0.6) is 0 Å². The van der Waals surface area contributed by atoms with Crippen molar-refractivity contribution in [3.8, 4) is 0 Å². The third kappa shape index (κ3) is 5.23. The van der Waals surface area contributed by atoms with E-state index in [1.807, 2.05) is 0 Å². The molecular formula is C18H25NO5S2. The van der Waals surface area contributed by atoms with Crippen LogP contribution in [-0.2, 0) is 14.3 Å². The topological polar surface area (TPSA) is 81.7 Å². The summed E-state index contributed by atoms with van der Waals surface area (Å²) in [5, 5.41) is 3.66. The molecule has 144 valence electrons. The van der Waals surface area contributed by atoms with Gasteiger partial charge in [-0.15, -0.1) is 23.1 Å². The fraction of sp³-hybridized carbons (Fsp3) is 0.611. The molecule has 0 bridgehead atoms. The lowest BCUT2D eigenvalue weighted by Crippen LogP contribution is -2.17. The Morgan fingerprint density at radius 2 is 1.73 bits per heavy atom. The maximum atomic E-state index is 12.3. The summed E-state index contributed by atoms with van der Waals surface area (Å²) in [6, 6.07) is 0. The molecule has 2 rings (SSSR count). The number of carbonyl (C=O) groups excluding carboxylic acids is 3. The molecule has 0 spiro atoms. The second-order valence-electron chi connectivity index (χ2n) is 5.97. The molecule has 8 heteroatoms. The minimum atomic E-state index is -0.546. The number of amides is 1. The van der Waals surface area contributed by atoms with Crippen LogP contribution in [0.3, 0.4) is 0 Å². The molecule has 0 unspecified atom stereocenters. The molecule has 1 fully saturated rings. The predicted molar refractivity (Wildman–Crippen MR) is 104 cm³/mol. The van der Waals surface area contributed by atoms with Gasteiger partial charge in [0.1, 0.15) is 9.88 Å². The number of ether oxygens (including phenoxy) is 2. The summed E-state index contributed by atoms with van der Waals surface area (Å²) >= 11 is 2.70. The first-order chi connectivity index (χ1) is 12.5. The molecule has 1 aliphatic carbocycles.